The van der Waals surface area contributed by atoms with Crippen LogP contribution in [0.2, 0.25) is 0 Å². The van der Waals surface area contributed by atoms with Crippen molar-refractivity contribution in [1.29, 1.82) is 0 Å². The fourth-order valence-corrected chi connectivity index (χ4v) is 2.30. The van der Waals surface area contributed by atoms with Crippen LogP contribution in [0.3, 0.4) is 0 Å². The van der Waals surface area contributed by atoms with E-state index in [9.17, 15) is 22.8 Å². The average molecular weight is 364 g/mol. The topological polar surface area (TPSA) is 39.1 Å². The molecule has 0 saturated carbocycles. The van der Waals surface area contributed by atoms with Crippen molar-refractivity contribution in [2.45, 2.75) is 11.0 Å². The Morgan fingerprint density at radius 3 is 2.43 bits per heavy atom. The molecule has 1 heterocycles. The Balaban J connectivity index is 2.66. The second-order valence-electron chi connectivity index (χ2n) is 4.82. The molecule has 0 radical (unpaired) electrons. The maximum atomic E-state index is 12.8. The van der Waals surface area contributed by atoms with Gasteiger partial charge in [0.25, 0.3) is 0 Å². The summed E-state index contributed by atoms with van der Waals surface area (Å²) in [6.07, 6.45) is -1.96. The molecule has 1 aromatic carbocycles. The molecule has 8 heteroatoms. The van der Waals surface area contributed by atoms with Crippen molar-refractivity contribution >= 4 is 29.0 Å². The van der Waals surface area contributed by atoms with E-state index < -0.39 is 27.8 Å². The molecule has 0 spiro atoms. The van der Waals surface area contributed by atoms with Crippen LogP contribution < -0.4 is 5.43 Å². The molecule has 0 fully saturated rings. The molecule has 0 saturated heterocycles. The summed E-state index contributed by atoms with van der Waals surface area (Å²) in [5.41, 5.74) is -1.88. The molecule has 122 valence electrons. The van der Waals surface area contributed by atoms with Crippen molar-refractivity contribution in [3.8, 4) is 11.1 Å². The van der Waals surface area contributed by atoms with Crippen LogP contribution in [-0.4, -0.2) is 15.2 Å². The lowest BCUT2D eigenvalue weighted by Gasteiger charge is -2.11. The van der Waals surface area contributed by atoms with E-state index in [2.05, 4.69) is 0 Å². The summed E-state index contributed by atoms with van der Waals surface area (Å²) in [5.74, 6) is -0.803. The molecule has 0 aliphatic heterocycles. The molecular weight excluding hydrogens is 354 g/mol. The quantitative estimate of drug-likeness (QED) is 0.609. The first kappa shape index (κ1) is 17.6. The molecule has 0 amide bonds. The zero-order valence-electron chi connectivity index (χ0n) is 11.7. The van der Waals surface area contributed by atoms with E-state index in [1.165, 1.54) is 36.1 Å². The molecule has 23 heavy (non-hydrogen) atoms. The number of carbonyl (C=O) groups excluding carboxylic acids is 1. The number of pyridine rings is 1. The minimum Gasteiger partial charge on any atom is -0.356 e. The van der Waals surface area contributed by atoms with Gasteiger partial charge >= 0.3 is 6.18 Å². The number of alkyl halides is 5. The van der Waals surface area contributed by atoms with E-state index in [-0.39, 0.29) is 16.7 Å². The lowest BCUT2D eigenvalue weighted by Crippen LogP contribution is -2.22. The van der Waals surface area contributed by atoms with E-state index in [1.807, 2.05) is 0 Å². The van der Waals surface area contributed by atoms with Crippen LogP contribution in [0.1, 0.15) is 15.9 Å². The van der Waals surface area contributed by atoms with Gasteiger partial charge in [-0.15, -0.1) is 0 Å². The van der Waals surface area contributed by atoms with Gasteiger partial charge in [-0.05, 0) is 17.7 Å². The molecule has 0 bridgehead atoms. The first-order chi connectivity index (χ1) is 10.6. The number of hydrogen-bond donors (Lipinski definition) is 0. The molecule has 0 aliphatic rings. The number of benzene rings is 1. The lowest BCUT2D eigenvalue weighted by molar-refractivity contribution is -0.137. The molecule has 1 aromatic heterocycles. The Hall–Kier alpha value is -1.79. The fraction of sp³-hybridized carbons (Fsp3) is 0.200. The fourth-order valence-electron chi connectivity index (χ4n) is 2.07. The monoisotopic (exact) mass is 363 g/mol. The van der Waals surface area contributed by atoms with Crippen molar-refractivity contribution in [2.75, 3.05) is 0 Å². The number of aryl methyl sites for hydroxylation is 1. The number of carbonyl (C=O) groups is 1. The van der Waals surface area contributed by atoms with Crippen molar-refractivity contribution < 1.29 is 18.0 Å². The van der Waals surface area contributed by atoms with Crippen molar-refractivity contribution in [2.24, 2.45) is 7.05 Å². The van der Waals surface area contributed by atoms with Crippen molar-refractivity contribution in [3.63, 3.8) is 0 Å². The van der Waals surface area contributed by atoms with E-state index in [0.717, 1.165) is 12.1 Å². The summed E-state index contributed by atoms with van der Waals surface area (Å²) >= 11 is 11.0. The van der Waals surface area contributed by atoms with Gasteiger partial charge in [0.15, 0.2) is 10.3 Å². The summed E-state index contributed by atoms with van der Waals surface area (Å²) in [4.78, 5) is 22.8. The van der Waals surface area contributed by atoms with Gasteiger partial charge < -0.3 is 4.57 Å². The van der Waals surface area contributed by atoms with Crippen LogP contribution in [0.5, 0.6) is 0 Å². The standard InChI is InChI=1S/C15H10Cl2F3NO2/c1-21-6-10(12(22)11(7-21)13(23)14(16)17)8-3-2-4-9(5-8)15(18,19)20/h2-7,14H,1H3. The Bertz CT molecular complexity index is 813. The van der Waals surface area contributed by atoms with Gasteiger partial charge in [-0.25, -0.2) is 0 Å². The summed E-state index contributed by atoms with van der Waals surface area (Å²) in [5, 5.41) is 0. The number of hydrogen-bond acceptors (Lipinski definition) is 2. The molecule has 0 N–H and O–H groups in total. The van der Waals surface area contributed by atoms with Gasteiger partial charge in [0.2, 0.25) is 5.78 Å². The highest BCUT2D eigenvalue weighted by atomic mass is 35.5. The number of nitrogens with zero attached hydrogens (tertiary/aromatic N) is 1. The summed E-state index contributed by atoms with van der Waals surface area (Å²) in [6, 6.07) is 4.30. The normalized spacial score (nSPS) is 11.8. The number of aromatic nitrogens is 1. The molecule has 2 rings (SSSR count). The van der Waals surface area contributed by atoms with Crippen molar-refractivity contribution in [1.82, 2.24) is 4.57 Å². The van der Waals surface area contributed by atoms with Crippen LogP contribution in [0.4, 0.5) is 13.2 Å². The molecule has 0 atom stereocenters. The van der Waals surface area contributed by atoms with Crippen LogP contribution in [0.25, 0.3) is 11.1 Å². The van der Waals surface area contributed by atoms with Gasteiger partial charge in [0.05, 0.1) is 11.1 Å². The Morgan fingerprint density at radius 2 is 1.87 bits per heavy atom. The van der Waals surface area contributed by atoms with Crippen LogP contribution in [0.15, 0.2) is 41.5 Å². The van der Waals surface area contributed by atoms with Crippen LogP contribution in [0, 0.1) is 0 Å². The average Bonchev–Trinajstić information content (AvgIpc) is 2.47. The largest absolute Gasteiger partial charge is 0.416 e. The third-order valence-electron chi connectivity index (χ3n) is 3.12. The third kappa shape index (κ3) is 3.76. The summed E-state index contributed by atoms with van der Waals surface area (Å²) in [6.45, 7) is 0. The zero-order valence-corrected chi connectivity index (χ0v) is 13.2. The predicted molar refractivity (Wildman–Crippen MR) is 81.9 cm³/mol. The third-order valence-corrected chi connectivity index (χ3v) is 3.52. The van der Waals surface area contributed by atoms with Gasteiger partial charge in [0, 0.05) is 25.0 Å². The first-order valence-corrected chi connectivity index (χ1v) is 7.19. The maximum absolute atomic E-state index is 12.8. The number of halogens is 5. The molecule has 0 aliphatic carbocycles. The van der Waals surface area contributed by atoms with Crippen LogP contribution >= 0.6 is 23.2 Å². The highest BCUT2D eigenvalue weighted by molar-refractivity contribution is 6.55. The molecular formula is C15H10Cl2F3NO2. The van der Waals surface area contributed by atoms with E-state index in [4.69, 9.17) is 23.2 Å². The number of rotatable bonds is 3. The van der Waals surface area contributed by atoms with Gasteiger partial charge in [-0.1, -0.05) is 35.3 Å². The van der Waals surface area contributed by atoms with E-state index in [0.29, 0.717) is 0 Å². The molecule has 2 aromatic rings. The first-order valence-electron chi connectivity index (χ1n) is 6.31. The SMILES string of the molecule is Cn1cc(C(=O)C(Cl)Cl)c(=O)c(-c2cccc(C(F)(F)F)c2)c1. The maximum Gasteiger partial charge on any atom is 0.416 e. The Morgan fingerprint density at radius 1 is 1.22 bits per heavy atom. The lowest BCUT2D eigenvalue weighted by atomic mass is 10.0. The smallest absolute Gasteiger partial charge is 0.356 e. The molecule has 0 unspecified atom stereocenters. The highest BCUT2D eigenvalue weighted by Crippen LogP contribution is 2.31. The predicted octanol–water partition coefficient (Wildman–Crippen LogP) is 4.06. The minimum absolute atomic E-state index is 0.0431. The number of ketones is 1. The van der Waals surface area contributed by atoms with Gasteiger partial charge in [0.1, 0.15) is 0 Å². The van der Waals surface area contributed by atoms with E-state index in [1.54, 1.807) is 0 Å². The Labute approximate surface area is 139 Å². The van der Waals surface area contributed by atoms with Crippen LogP contribution in [-0.2, 0) is 13.2 Å². The van der Waals surface area contributed by atoms with Crippen molar-refractivity contribution in [3.05, 3.63) is 58.0 Å². The summed E-state index contributed by atoms with van der Waals surface area (Å²) < 4.78 is 39.8. The molecule has 3 nitrogen and oxygen atoms in total. The zero-order chi connectivity index (χ0) is 17.4. The van der Waals surface area contributed by atoms with Gasteiger partial charge in [-0.2, -0.15) is 13.2 Å². The second-order valence-corrected chi connectivity index (χ2v) is 5.92. The number of Topliss-reactive ketones (excluding diaryl/α,β-unsaturated/α-hetero) is 1. The van der Waals surface area contributed by atoms with E-state index >= 15 is 0 Å². The second kappa shape index (κ2) is 6.37. The Kier molecular flexibility index (Phi) is 4.87. The highest BCUT2D eigenvalue weighted by Gasteiger charge is 2.30. The minimum atomic E-state index is -4.54. The van der Waals surface area contributed by atoms with Gasteiger partial charge in [-0.3, -0.25) is 9.59 Å². The summed E-state index contributed by atoms with van der Waals surface area (Å²) in [7, 11) is 1.53.